The van der Waals surface area contributed by atoms with Gasteiger partial charge in [0.25, 0.3) is 0 Å². The molecule has 0 radical (unpaired) electrons. The Labute approximate surface area is 166 Å². The number of aromatic nitrogens is 3. The van der Waals surface area contributed by atoms with E-state index in [2.05, 4.69) is 27.4 Å². The Morgan fingerprint density at radius 2 is 2.00 bits per heavy atom. The summed E-state index contributed by atoms with van der Waals surface area (Å²) in [5.41, 5.74) is 1.06. The van der Waals surface area contributed by atoms with E-state index in [0.29, 0.717) is 23.3 Å². The van der Waals surface area contributed by atoms with Crippen molar-refractivity contribution >= 4 is 23.7 Å². The van der Waals surface area contributed by atoms with Gasteiger partial charge in [0, 0.05) is 6.54 Å². The summed E-state index contributed by atoms with van der Waals surface area (Å²) in [5, 5.41) is 13.7. The van der Waals surface area contributed by atoms with Crippen LogP contribution in [0.2, 0.25) is 0 Å². The molecule has 0 bridgehead atoms. The molecule has 0 saturated heterocycles. The molecule has 28 heavy (non-hydrogen) atoms. The first kappa shape index (κ1) is 19.4. The highest BCUT2D eigenvalue weighted by molar-refractivity contribution is 7.99. The van der Waals surface area contributed by atoms with Crippen LogP contribution in [0, 0.1) is 0 Å². The smallest absolute Gasteiger partial charge is 0.321 e. The third-order valence-electron chi connectivity index (χ3n) is 3.63. The van der Waals surface area contributed by atoms with Crippen LogP contribution in [0.3, 0.4) is 0 Å². The largest absolute Gasteiger partial charge is 0.461 e. The second-order valence-electron chi connectivity index (χ2n) is 5.69. The van der Waals surface area contributed by atoms with Gasteiger partial charge >= 0.3 is 6.03 Å². The van der Waals surface area contributed by atoms with Crippen LogP contribution in [0.15, 0.2) is 71.0 Å². The van der Waals surface area contributed by atoms with Gasteiger partial charge in [-0.2, -0.15) is 0 Å². The second-order valence-corrected chi connectivity index (χ2v) is 6.63. The number of thioether (sulfide) groups is 1. The molecule has 0 saturated carbocycles. The number of benzene rings is 1. The Morgan fingerprint density at radius 1 is 1.18 bits per heavy atom. The highest BCUT2D eigenvalue weighted by atomic mass is 32.2. The van der Waals surface area contributed by atoms with Gasteiger partial charge < -0.3 is 9.73 Å². The molecule has 3 aromatic rings. The van der Waals surface area contributed by atoms with E-state index in [1.165, 1.54) is 17.8 Å². The number of nitrogens with one attached hydrogen (secondary N) is 2. The van der Waals surface area contributed by atoms with Gasteiger partial charge in [-0.3, -0.25) is 14.7 Å². The molecule has 0 unspecified atom stereocenters. The van der Waals surface area contributed by atoms with Crippen LogP contribution in [-0.2, 0) is 11.3 Å². The van der Waals surface area contributed by atoms with Crippen LogP contribution in [0.1, 0.15) is 5.56 Å². The van der Waals surface area contributed by atoms with Crippen LogP contribution >= 0.6 is 11.8 Å². The Morgan fingerprint density at radius 3 is 2.71 bits per heavy atom. The number of amides is 3. The predicted octanol–water partition coefficient (Wildman–Crippen LogP) is 2.69. The molecular weight excluding hydrogens is 378 g/mol. The molecule has 0 aliphatic heterocycles. The first-order chi connectivity index (χ1) is 13.7. The third kappa shape index (κ3) is 5.10. The molecule has 144 valence electrons. The quantitative estimate of drug-likeness (QED) is 0.448. The van der Waals surface area contributed by atoms with Gasteiger partial charge in [-0.1, -0.05) is 48.2 Å². The molecule has 3 rings (SSSR count). The van der Waals surface area contributed by atoms with Crippen molar-refractivity contribution in [1.82, 2.24) is 25.4 Å². The van der Waals surface area contributed by atoms with E-state index in [9.17, 15) is 9.59 Å². The van der Waals surface area contributed by atoms with E-state index >= 15 is 0 Å². The Bertz CT molecular complexity index is 938. The standard InChI is InChI=1S/C19H19N5O3S/c1-2-10-20-18(26)21-16(25)13-28-19-23-22-17(15-9-6-11-27-15)24(19)12-14-7-4-3-5-8-14/h2-9,11H,1,10,12-13H2,(H2,20,21,25,26). The number of hydrogen-bond donors (Lipinski definition) is 2. The Hall–Kier alpha value is -3.33. The van der Waals surface area contributed by atoms with Gasteiger partial charge in [-0.15, -0.1) is 16.8 Å². The van der Waals surface area contributed by atoms with Crippen molar-refractivity contribution in [2.45, 2.75) is 11.7 Å². The Balaban J connectivity index is 1.72. The Kier molecular flexibility index (Phi) is 6.64. The average Bonchev–Trinajstić information content (AvgIpc) is 3.35. The number of imide groups is 1. The molecule has 3 amide bonds. The van der Waals surface area contributed by atoms with Gasteiger partial charge in [0.2, 0.25) is 11.7 Å². The molecule has 8 nitrogen and oxygen atoms in total. The fourth-order valence-corrected chi connectivity index (χ4v) is 3.13. The number of urea groups is 1. The van der Waals surface area contributed by atoms with Crippen molar-refractivity contribution in [3.05, 3.63) is 66.9 Å². The summed E-state index contributed by atoms with van der Waals surface area (Å²) in [5.74, 6) is 0.747. The number of hydrogen-bond acceptors (Lipinski definition) is 6. The van der Waals surface area contributed by atoms with E-state index in [1.807, 2.05) is 34.9 Å². The predicted molar refractivity (Wildman–Crippen MR) is 106 cm³/mol. The summed E-state index contributed by atoms with van der Waals surface area (Å²) in [6, 6.07) is 12.9. The molecule has 0 spiro atoms. The third-order valence-corrected chi connectivity index (χ3v) is 4.60. The van der Waals surface area contributed by atoms with Gasteiger partial charge in [-0.05, 0) is 17.7 Å². The summed E-state index contributed by atoms with van der Waals surface area (Å²) < 4.78 is 7.33. The van der Waals surface area contributed by atoms with Gasteiger partial charge in [0.15, 0.2) is 10.9 Å². The van der Waals surface area contributed by atoms with Crippen LogP contribution in [0.25, 0.3) is 11.6 Å². The molecule has 2 aromatic heterocycles. The topological polar surface area (TPSA) is 102 Å². The highest BCUT2D eigenvalue weighted by Crippen LogP contribution is 2.25. The fraction of sp³-hybridized carbons (Fsp3) is 0.158. The van der Waals surface area contributed by atoms with Crippen molar-refractivity contribution < 1.29 is 14.0 Å². The van der Waals surface area contributed by atoms with Gasteiger partial charge in [0.1, 0.15) is 0 Å². The molecule has 2 N–H and O–H groups in total. The number of carbonyl (C=O) groups is 2. The summed E-state index contributed by atoms with van der Waals surface area (Å²) >= 11 is 1.19. The molecule has 0 fully saturated rings. The lowest BCUT2D eigenvalue weighted by Gasteiger charge is -2.09. The normalized spacial score (nSPS) is 10.4. The molecule has 0 aliphatic rings. The lowest BCUT2D eigenvalue weighted by atomic mass is 10.2. The van der Waals surface area contributed by atoms with Crippen molar-refractivity contribution in [3.8, 4) is 11.6 Å². The molecule has 9 heteroatoms. The number of furan rings is 1. The van der Waals surface area contributed by atoms with Crippen molar-refractivity contribution in [3.63, 3.8) is 0 Å². The zero-order valence-electron chi connectivity index (χ0n) is 15.0. The molecular formula is C19H19N5O3S. The minimum absolute atomic E-state index is 0.0204. The molecule has 1 aromatic carbocycles. The maximum absolute atomic E-state index is 12.0. The SMILES string of the molecule is C=CCNC(=O)NC(=O)CSc1nnc(-c2ccco2)n1Cc1ccccc1. The minimum atomic E-state index is -0.562. The van der Waals surface area contributed by atoms with E-state index in [1.54, 1.807) is 18.4 Å². The zero-order valence-corrected chi connectivity index (χ0v) is 15.8. The van der Waals surface area contributed by atoms with E-state index in [0.717, 1.165) is 5.56 Å². The first-order valence-electron chi connectivity index (χ1n) is 8.49. The maximum Gasteiger partial charge on any atom is 0.321 e. The summed E-state index contributed by atoms with van der Waals surface area (Å²) in [6.07, 6.45) is 3.10. The number of nitrogens with zero attached hydrogens (tertiary/aromatic N) is 3. The van der Waals surface area contributed by atoms with Gasteiger partial charge in [0.05, 0.1) is 18.6 Å². The van der Waals surface area contributed by atoms with Crippen molar-refractivity contribution in [2.75, 3.05) is 12.3 Å². The maximum atomic E-state index is 12.0. The zero-order chi connectivity index (χ0) is 19.8. The van der Waals surface area contributed by atoms with Crippen LogP contribution in [0.5, 0.6) is 0 Å². The number of rotatable bonds is 8. The fourth-order valence-electron chi connectivity index (χ4n) is 2.39. The second kappa shape index (κ2) is 9.56. The monoisotopic (exact) mass is 397 g/mol. The number of carbonyl (C=O) groups excluding carboxylic acids is 2. The molecule has 2 heterocycles. The van der Waals surface area contributed by atoms with Crippen molar-refractivity contribution in [2.24, 2.45) is 0 Å². The molecule has 0 aliphatic carbocycles. The molecule has 0 atom stereocenters. The van der Waals surface area contributed by atoms with Gasteiger partial charge in [-0.25, -0.2) is 4.79 Å². The lowest BCUT2D eigenvalue weighted by molar-refractivity contribution is -0.117. The first-order valence-corrected chi connectivity index (χ1v) is 9.48. The van der Waals surface area contributed by atoms with E-state index in [4.69, 9.17) is 4.42 Å². The van der Waals surface area contributed by atoms with E-state index in [-0.39, 0.29) is 12.3 Å². The highest BCUT2D eigenvalue weighted by Gasteiger charge is 2.18. The summed E-state index contributed by atoms with van der Waals surface area (Å²) in [4.78, 5) is 23.5. The lowest BCUT2D eigenvalue weighted by Crippen LogP contribution is -2.40. The summed E-state index contributed by atoms with van der Waals surface area (Å²) in [6.45, 7) is 4.30. The van der Waals surface area contributed by atoms with Crippen molar-refractivity contribution in [1.29, 1.82) is 0 Å². The van der Waals surface area contributed by atoms with Crippen LogP contribution < -0.4 is 10.6 Å². The minimum Gasteiger partial charge on any atom is -0.461 e. The average molecular weight is 397 g/mol. The van der Waals surface area contributed by atoms with Crippen LogP contribution in [0.4, 0.5) is 4.79 Å². The summed E-state index contributed by atoms with van der Waals surface area (Å²) in [7, 11) is 0. The van der Waals surface area contributed by atoms with E-state index < -0.39 is 11.9 Å². The van der Waals surface area contributed by atoms with Crippen LogP contribution in [-0.4, -0.2) is 39.0 Å².